The molecule has 4 unspecified atom stereocenters. The maximum atomic E-state index is 11.9. The van der Waals surface area contributed by atoms with Crippen molar-refractivity contribution in [2.75, 3.05) is 26.9 Å². The van der Waals surface area contributed by atoms with Gasteiger partial charge in [-0.1, -0.05) is 0 Å². The van der Waals surface area contributed by atoms with Crippen LogP contribution in [0.25, 0.3) is 0 Å². The minimum atomic E-state index is -5.64. The van der Waals surface area contributed by atoms with Crippen molar-refractivity contribution >= 4 is 31.7 Å². The van der Waals surface area contributed by atoms with E-state index in [1.165, 1.54) is 7.11 Å². The summed E-state index contributed by atoms with van der Waals surface area (Å²) in [6.07, 6.45) is 0.00913. The fourth-order valence-electron chi connectivity index (χ4n) is 3.04. The maximum absolute atomic E-state index is 11.9. The first-order valence-corrected chi connectivity index (χ1v) is 13.3. The van der Waals surface area contributed by atoms with Crippen molar-refractivity contribution in [2.24, 2.45) is 0 Å². The molecule has 0 aromatic carbocycles. The number of hydrogen-bond donors (Lipinski definition) is 5. The molecule has 0 radical (unpaired) electrons. The van der Waals surface area contributed by atoms with Crippen LogP contribution in [0.5, 0.6) is 0 Å². The molecule has 2 rings (SSSR count). The van der Waals surface area contributed by atoms with Crippen LogP contribution in [0.4, 0.5) is 0 Å². The predicted molar refractivity (Wildman–Crippen MR) is 99.2 cm³/mol. The van der Waals surface area contributed by atoms with E-state index in [0.29, 0.717) is 32.5 Å². The predicted octanol–water partition coefficient (Wildman–Crippen LogP) is -1.09. The summed E-state index contributed by atoms with van der Waals surface area (Å²) in [5.74, 6) is -0.899. The Morgan fingerprint density at radius 1 is 1.17 bits per heavy atom. The van der Waals surface area contributed by atoms with Crippen LogP contribution in [0.2, 0.25) is 0 Å². The van der Waals surface area contributed by atoms with Gasteiger partial charge in [0.25, 0.3) is 0 Å². The van der Waals surface area contributed by atoms with Crippen LogP contribution in [0.15, 0.2) is 0 Å². The van der Waals surface area contributed by atoms with E-state index in [2.05, 4.69) is 8.62 Å². The molecule has 0 aliphatic carbocycles. The van der Waals surface area contributed by atoms with Crippen molar-refractivity contribution in [3.05, 3.63) is 0 Å². The third kappa shape index (κ3) is 8.49. The molecule has 0 aromatic heterocycles. The Hall–Kier alpha value is 0.475. The average molecular weight is 486 g/mol. The fourth-order valence-corrected chi connectivity index (χ4v) is 6.46. The second-order valence-electron chi connectivity index (χ2n) is 6.59. The Kier molecular flexibility index (Phi) is 8.83. The van der Waals surface area contributed by atoms with Crippen molar-refractivity contribution in [1.82, 2.24) is 0 Å². The molecule has 0 bridgehead atoms. The summed E-state index contributed by atoms with van der Waals surface area (Å²) in [6, 6.07) is -0.261. The van der Waals surface area contributed by atoms with Gasteiger partial charge in [0.2, 0.25) is 0 Å². The standard InChI is InChI=1S/C11H26BO14P3/c1-20-11(2-4-21-5-3-11)24-8-6-10(12)23-9(8)7-22-28(16,17)26-29(18,19)25-27(13,14)15/h8-10,18-19,29H,2-7,12H2,1H3,(H,16,17)(H2,13,14,15). The van der Waals surface area contributed by atoms with Crippen LogP contribution < -0.4 is 0 Å². The zero-order valence-electron chi connectivity index (χ0n) is 15.8. The van der Waals surface area contributed by atoms with Gasteiger partial charge >= 0.3 is 168 Å². The van der Waals surface area contributed by atoms with Gasteiger partial charge in [-0.2, -0.15) is 0 Å². The van der Waals surface area contributed by atoms with Gasteiger partial charge in [0.15, 0.2) is 0 Å². The van der Waals surface area contributed by atoms with E-state index in [9.17, 15) is 23.8 Å². The minimum absolute atomic E-state index is 0.261. The normalized spacial score (nSPS) is 30.8. The van der Waals surface area contributed by atoms with Crippen molar-refractivity contribution in [1.29, 1.82) is 0 Å². The molecule has 14 nitrogen and oxygen atoms in total. The average Bonchev–Trinajstić information content (AvgIpc) is 2.90. The topological polar surface area (TPSA) is 200 Å². The number of phosphoric ester groups is 1. The first-order chi connectivity index (χ1) is 13.2. The molecule has 0 amide bonds. The van der Waals surface area contributed by atoms with Gasteiger partial charge in [0, 0.05) is 0 Å². The number of methoxy groups -OCH3 is 1. The molecule has 4 atom stereocenters. The SMILES string of the molecule is BC1CC(OC2(OC)CCOCC2)C(COP(=O)(O)O[PH](O)(O)OP(=O)(O)O)O1. The van der Waals surface area contributed by atoms with Gasteiger partial charge in [0.05, 0.1) is 0 Å². The third-order valence-corrected chi connectivity index (χ3v) is 8.51. The van der Waals surface area contributed by atoms with E-state index in [1.807, 2.05) is 0 Å². The van der Waals surface area contributed by atoms with Gasteiger partial charge in [-0.05, 0) is 0 Å². The summed E-state index contributed by atoms with van der Waals surface area (Å²) in [7, 11) is -12.9. The monoisotopic (exact) mass is 486 g/mol. The van der Waals surface area contributed by atoms with Crippen molar-refractivity contribution in [2.45, 2.75) is 43.3 Å². The second-order valence-corrected chi connectivity index (χ2v) is 11.3. The van der Waals surface area contributed by atoms with Gasteiger partial charge in [0.1, 0.15) is 0 Å². The molecule has 2 fully saturated rings. The molecule has 29 heavy (non-hydrogen) atoms. The summed E-state index contributed by atoms with van der Waals surface area (Å²) in [4.78, 5) is 45.4. The van der Waals surface area contributed by atoms with Gasteiger partial charge in [-0.25, -0.2) is 0 Å². The first kappa shape index (κ1) is 25.7. The fraction of sp³-hybridized carbons (Fsp3) is 1.00. The van der Waals surface area contributed by atoms with Crippen molar-refractivity contribution in [3.63, 3.8) is 0 Å². The number of phosphoric acid groups is 2. The summed E-state index contributed by atoms with van der Waals surface area (Å²) in [5.41, 5.74) is 0. The number of hydrogen-bond acceptors (Lipinski definition) is 11. The molecule has 5 N–H and O–H groups in total. The Balaban J connectivity index is 1.96. The van der Waals surface area contributed by atoms with Crippen LogP contribution in [-0.4, -0.2) is 83.2 Å². The number of rotatable bonds is 10. The van der Waals surface area contributed by atoms with Crippen LogP contribution in [0, 0.1) is 0 Å². The van der Waals surface area contributed by atoms with E-state index in [-0.39, 0.29) is 6.00 Å². The summed E-state index contributed by atoms with van der Waals surface area (Å²) in [5, 5.41) is 0. The Morgan fingerprint density at radius 3 is 2.34 bits per heavy atom. The van der Waals surface area contributed by atoms with E-state index in [4.69, 9.17) is 33.3 Å². The van der Waals surface area contributed by atoms with Gasteiger partial charge in [-0.3, -0.25) is 0 Å². The second kappa shape index (κ2) is 9.95. The zero-order valence-corrected chi connectivity index (χ0v) is 18.6. The van der Waals surface area contributed by atoms with Gasteiger partial charge < -0.3 is 0 Å². The quantitative estimate of drug-likeness (QED) is 0.142. The molecule has 0 aromatic rings. The molecule has 172 valence electrons. The van der Waals surface area contributed by atoms with Crippen LogP contribution in [-0.2, 0) is 41.2 Å². The van der Waals surface area contributed by atoms with Gasteiger partial charge in [-0.15, -0.1) is 0 Å². The molecular weight excluding hydrogens is 460 g/mol. The molecule has 2 saturated heterocycles. The summed E-state index contributed by atoms with van der Waals surface area (Å²) in [6.45, 7) is 0.341. The zero-order chi connectivity index (χ0) is 21.9. The third-order valence-electron chi connectivity index (χ3n) is 4.25. The van der Waals surface area contributed by atoms with Crippen LogP contribution >= 0.6 is 23.8 Å². The number of ether oxygens (including phenoxy) is 4. The molecule has 2 aliphatic heterocycles. The molecule has 0 spiro atoms. The van der Waals surface area contributed by atoms with Crippen molar-refractivity contribution < 1.29 is 65.7 Å². The molecular formula is C11H26BO14P3. The van der Waals surface area contributed by atoms with Crippen LogP contribution in [0.1, 0.15) is 19.3 Å². The molecule has 0 saturated carbocycles. The van der Waals surface area contributed by atoms with E-state index in [1.54, 1.807) is 7.85 Å². The molecule has 2 heterocycles. The van der Waals surface area contributed by atoms with E-state index < -0.39 is 48.4 Å². The Morgan fingerprint density at radius 2 is 1.79 bits per heavy atom. The summed E-state index contributed by atoms with van der Waals surface area (Å²) >= 11 is 0. The van der Waals surface area contributed by atoms with Crippen molar-refractivity contribution in [3.8, 4) is 0 Å². The van der Waals surface area contributed by atoms with Crippen LogP contribution in [0.3, 0.4) is 0 Å². The molecule has 2 aliphatic rings. The summed E-state index contributed by atoms with van der Waals surface area (Å²) < 4.78 is 57.4. The Bertz CT molecular complexity index is 636. The first-order valence-electron chi connectivity index (χ1n) is 8.60. The molecule has 18 heteroatoms. The Labute approximate surface area is 168 Å². The van der Waals surface area contributed by atoms with E-state index in [0.717, 1.165) is 0 Å². The van der Waals surface area contributed by atoms with E-state index >= 15 is 0 Å².